The van der Waals surface area contributed by atoms with Gasteiger partial charge in [-0.15, -0.1) is 0 Å². The molecule has 5 atom stereocenters. The number of benzene rings is 1. The highest BCUT2D eigenvalue weighted by Crippen LogP contribution is 2.53. The lowest BCUT2D eigenvalue weighted by atomic mass is 9.77. The van der Waals surface area contributed by atoms with Crippen LogP contribution in [0.15, 0.2) is 24.3 Å². The first kappa shape index (κ1) is 24.1. The molecule has 5 rings (SSSR count). The summed E-state index contributed by atoms with van der Waals surface area (Å²) in [6, 6.07) is 5.86. The van der Waals surface area contributed by atoms with Gasteiger partial charge in [0.2, 0.25) is 17.7 Å². The van der Waals surface area contributed by atoms with Crippen molar-refractivity contribution in [2.24, 2.45) is 5.41 Å². The highest BCUT2D eigenvalue weighted by atomic mass is 16.5. The highest BCUT2D eigenvalue weighted by Gasteiger charge is 2.59. The summed E-state index contributed by atoms with van der Waals surface area (Å²) in [5.74, 6) is 0.197. The molecular formula is C26H36N4O5. The van der Waals surface area contributed by atoms with Gasteiger partial charge in [0.15, 0.2) is 0 Å². The average molecular weight is 485 g/mol. The molecule has 3 aliphatic heterocycles. The fourth-order valence-electron chi connectivity index (χ4n) is 6.32. The van der Waals surface area contributed by atoms with E-state index >= 15 is 0 Å². The van der Waals surface area contributed by atoms with E-state index in [1.165, 1.54) is 0 Å². The van der Waals surface area contributed by atoms with Gasteiger partial charge in [-0.05, 0) is 32.9 Å². The van der Waals surface area contributed by atoms with Crippen LogP contribution in [0, 0.1) is 5.41 Å². The molecule has 1 saturated carbocycles. The fourth-order valence-corrected chi connectivity index (χ4v) is 6.32. The number of carbonyl (C=O) groups excluding carboxylic acids is 3. The summed E-state index contributed by atoms with van der Waals surface area (Å²) in [4.78, 5) is 42.0. The quantitative estimate of drug-likeness (QED) is 0.586. The van der Waals surface area contributed by atoms with E-state index in [2.05, 4.69) is 16.0 Å². The van der Waals surface area contributed by atoms with Gasteiger partial charge in [0.25, 0.3) is 0 Å². The summed E-state index contributed by atoms with van der Waals surface area (Å²) in [6.07, 6.45) is 5.16. The monoisotopic (exact) mass is 484 g/mol. The number of nitrogens with zero attached hydrogens (tertiary/aromatic N) is 1. The van der Waals surface area contributed by atoms with Gasteiger partial charge in [0, 0.05) is 30.2 Å². The van der Waals surface area contributed by atoms with Gasteiger partial charge < -0.3 is 30.3 Å². The molecule has 0 aromatic heterocycles. The summed E-state index contributed by atoms with van der Waals surface area (Å²) >= 11 is 0. The Morgan fingerprint density at radius 1 is 1.09 bits per heavy atom. The maximum atomic E-state index is 14.0. The van der Waals surface area contributed by atoms with Gasteiger partial charge in [-0.25, -0.2) is 0 Å². The molecule has 190 valence electrons. The van der Waals surface area contributed by atoms with Crippen LogP contribution >= 0.6 is 0 Å². The predicted molar refractivity (Wildman–Crippen MR) is 128 cm³/mol. The van der Waals surface area contributed by atoms with Gasteiger partial charge in [0.05, 0.1) is 25.3 Å². The van der Waals surface area contributed by atoms with Crippen molar-refractivity contribution in [3.05, 3.63) is 29.8 Å². The van der Waals surface area contributed by atoms with Crippen molar-refractivity contribution >= 4 is 17.7 Å². The molecule has 35 heavy (non-hydrogen) atoms. The molecule has 9 heteroatoms. The predicted octanol–water partition coefficient (Wildman–Crippen LogP) is 1.63. The maximum absolute atomic E-state index is 14.0. The number of para-hydroxylation sites is 1. The Balaban J connectivity index is 1.42. The Bertz CT molecular complexity index is 978. The molecule has 0 unspecified atom stereocenters. The van der Waals surface area contributed by atoms with Gasteiger partial charge in [-0.3, -0.25) is 14.4 Å². The van der Waals surface area contributed by atoms with Crippen molar-refractivity contribution in [1.29, 1.82) is 0 Å². The largest absolute Gasteiger partial charge is 0.493 e. The highest BCUT2D eigenvalue weighted by molar-refractivity contribution is 5.94. The van der Waals surface area contributed by atoms with E-state index in [1.54, 1.807) is 18.9 Å². The summed E-state index contributed by atoms with van der Waals surface area (Å²) in [6.45, 7) is 2.65. The van der Waals surface area contributed by atoms with E-state index in [-0.39, 0.29) is 29.2 Å². The zero-order valence-electron chi connectivity index (χ0n) is 20.5. The second kappa shape index (κ2) is 9.78. The number of hydrogen-bond acceptors (Lipinski definition) is 6. The molecule has 1 spiro atoms. The van der Waals surface area contributed by atoms with E-state index in [9.17, 15) is 14.4 Å². The lowest BCUT2D eigenvalue weighted by molar-refractivity contribution is -0.150. The molecule has 2 saturated heterocycles. The van der Waals surface area contributed by atoms with Crippen molar-refractivity contribution in [3.8, 4) is 5.75 Å². The van der Waals surface area contributed by atoms with Crippen molar-refractivity contribution in [2.75, 3.05) is 20.3 Å². The molecule has 1 aromatic carbocycles. The van der Waals surface area contributed by atoms with Crippen LogP contribution in [0.4, 0.5) is 0 Å². The number of rotatable bonds is 5. The van der Waals surface area contributed by atoms with E-state index in [0.29, 0.717) is 32.5 Å². The minimum atomic E-state index is -0.709. The number of fused-ring (bicyclic) bond motifs is 2. The molecule has 3 amide bonds. The third-order valence-corrected chi connectivity index (χ3v) is 8.28. The molecule has 4 aliphatic rings. The van der Waals surface area contributed by atoms with E-state index in [0.717, 1.165) is 37.0 Å². The van der Waals surface area contributed by atoms with Gasteiger partial charge in [-0.1, -0.05) is 31.0 Å². The molecular weight excluding hydrogens is 448 g/mol. The van der Waals surface area contributed by atoms with Crippen LogP contribution in [0.1, 0.15) is 63.5 Å². The Labute approximate surface area is 206 Å². The molecule has 9 nitrogen and oxygen atoms in total. The molecule has 0 radical (unpaired) electrons. The lowest BCUT2D eigenvalue weighted by Gasteiger charge is -2.37. The fraction of sp³-hybridized carbons (Fsp3) is 0.654. The number of carbonyl (C=O) groups is 3. The maximum Gasteiger partial charge on any atom is 0.247 e. The Morgan fingerprint density at radius 3 is 2.60 bits per heavy atom. The third-order valence-electron chi connectivity index (χ3n) is 8.28. The van der Waals surface area contributed by atoms with Crippen LogP contribution in [-0.4, -0.2) is 67.2 Å². The second-order valence-electron chi connectivity index (χ2n) is 10.3. The normalized spacial score (nSPS) is 30.1. The molecule has 3 heterocycles. The van der Waals surface area contributed by atoms with Crippen LogP contribution in [0.25, 0.3) is 0 Å². The summed E-state index contributed by atoms with van der Waals surface area (Å²) < 4.78 is 11.9. The van der Waals surface area contributed by atoms with E-state index in [1.807, 2.05) is 24.3 Å². The SMILES string of the molecule is CN[C@@H](C)C(=O)N[C@H]1CCO[C@H]2CC3(CCCC3)[C@@H](C(=O)N[C@@H]3CCOc4ccccc43)N2C1=O. The number of likely N-dealkylation sites (N-methyl/N-ethyl adjacent to an activating group) is 1. The minimum Gasteiger partial charge on any atom is -0.493 e. The van der Waals surface area contributed by atoms with Crippen molar-refractivity contribution in [1.82, 2.24) is 20.9 Å². The molecule has 3 N–H and O–H groups in total. The first-order valence-corrected chi connectivity index (χ1v) is 12.9. The van der Waals surface area contributed by atoms with Crippen molar-refractivity contribution < 1.29 is 23.9 Å². The van der Waals surface area contributed by atoms with Crippen LogP contribution in [0.3, 0.4) is 0 Å². The molecule has 0 bridgehead atoms. The second-order valence-corrected chi connectivity index (χ2v) is 10.3. The summed E-state index contributed by atoms with van der Waals surface area (Å²) in [5, 5.41) is 9.05. The van der Waals surface area contributed by atoms with E-state index in [4.69, 9.17) is 9.47 Å². The van der Waals surface area contributed by atoms with Crippen molar-refractivity contribution in [3.63, 3.8) is 0 Å². The third kappa shape index (κ3) is 4.40. The van der Waals surface area contributed by atoms with Gasteiger partial charge in [-0.2, -0.15) is 0 Å². The Hall–Kier alpha value is -2.65. The zero-order chi connectivity index (χ0) is 24.6. The summed E-state index contributed by atoms with van der Waals surface area (Å²) in [7, 11) is 1.71. The molecule has 3 fully saturated rings. The standard InChI is InChI=1S/C26H36N4O5/c1-16(27-2)23(31)29-19-10-14-35-21-15-26(11-5-6-12-26)22(30(21)25(19)33)24(32)28-18-9-13-34-20-8-4-3-7-17(18)20/h3-4,7-8,16,18-19,21-22,27H,5-6,9-15H2,1-2H3,(H,28,32)(H,29,31)/t16-,18+,19-,21-,22+/m0/s1. The van der Waals surface area contributed by atoms with Crippen LogP contribution < -0.4 is 20.7 Å². The van der Waals surface area contributed by atoms with Crippen molar-refractivity contribution in [2.45, 2.75) is 82.3 Å². The van der Waals surface area contributed by atoms with Crippen LogP contribution in [0.2, 0.25) is 0 Å². The van der Waals surface area contributed by atoms with Gasteiger partial charge >= 0.3 is 0 Å². The minimum absolute atomic E-state index is 0.136. The molecule has 1 aliphatic carbocycles. The molecule has 1 aromatic rings. The topological polar surface area (TPSA) is 109 Å². The van der Waals surface area contributed by atoms with Crippen LogP contribution in [-0.2, 0) is 19.1 Å². The first-order chi connectivity index (χ1) is 16.9. The number of amides is 3. The van der Waals surface area contributed by atoms with E-state index < -0.39 is 24.4 Å². The lowest BCUT2D eigenvalue weighted by Crippen LogP contribution is -2.58. The zero-order valence-corrected chi connectivity index (χ0v) is 20.5. The average Bonchev–Trinajstić information content (AvgIpc) is 3.43. The number of nitrogens with one attached hydrogen (secondary N) is 3. The first-order valence-electron chi connectivity index (χ1n) is 12.9. The Kier molecular flexibility index (Phi) is 6.72. The van der Waals surface area contributed by atoms with Gasteiger partial charge in [0.1, 0.15) is 24.1 Å². The Morgan fingerprint density at radius 2 is 1.83 bits per heavy atom. The summed E-state index contributed by atoms with van der Waals surface area (Å²) in [5.41, 5.74) is 0.672. The van der Waals surface area contributed by atoms with Crippen LogP contribution in [0.5, 0.6) is 5.75 Å². The smallest absolute Gasteiger partial charge is 0.247 e. The number of ether oxygens (including phenoxy) is 2. The number of hydrogen-bond donors (Lipinski definition) is 3.